The van der Waals surface area contributed by atoms with Crippen molar-refractivity contribution < 1.29 is 4.79 Å². The topological polar surface area (TPSA) is 58.9 Å². The van der Waals surface area contributed by atoms with Crippen LogP contribution in [0.5, 0.6) is 0 Å². The van der Waals surface area contributed by atoms with Gasteiger partial charge in [-0.05, 0) is 37.0 Å². The molecule has 0 fully saturated rings. The number of aromatic amines is 1. The molecule has 3 heteroatoms. The number of aryl methyl sites for hydroxylation is 2. The zero-order valence-electron chi connectivity index (χ0n) is 9.42. The van der Waals surface area contributed by atoms with Gasteiger partial charge in [0.2, 0.25) is 5.91 Å². The Morgan fingerprint density at radius 2 is 2.25 bits per heavy atom. The van der Waals surface area contributed by atoms with Gasteiger partial charge in [-0.3, -0.25) is 4.79 Å². The van der Waals surface area contributed by atoms with Crippen LogP contribution >= 0.6 is 0 Å². The Hall–Kier alpha value is -1.77. The molecule has 1 aromatic heterocycles. The summed E-state index contributed by atoms with van der Waals surface area (Å²) in [6, 6.07) is 6.36. The Labute approximate surface area is 94.6 Å². The Balaban J connectivity index is 2.15. The average molecular weight is 216 g/mol. The lowest BCUT2D eigenvalue weighted by Gasteiger charge is -1.98. The van der Waals surface area contributed by atoms with Crippen molar-refractivity contribution in [3.05, 3.63) is 35.5 Å². The summed E-state index contributed by atoms with van der Waals surface area (Å²) in [5.41, 5.74) is 8.79. The SMILES string of the molecule is Cc1ccc2c(CCCC(N)=O)c[nH]c2c1. The molecule has 0 aliphatic rings. The summed E-state index contributed by atoms with van der Waals surface area (Å²) in [7, 11) is 0. The highest BCUT2D eigenvalue weighted by atomic mass is 16.1. The van der Waals surface area contributed by atoms with Gasteiger partial charge in [-0.15, -0.1) is 0 Å². The highest BCUT2D eigenvalue weighted by Gasteiger charge is 2.04. The van der Waals surface area contributed by atoms with Gasteiger partial charge in [0.15, 0.2) is 0 Å². The molecule has 0 atom stereocenters. The third kappa shape index (κ3) is 2.24. The van der Waals surface area contributed by atoms with Crippen LogP contribution in [0.3, 0.4) is 0 Å². The van der Waals surface area contributed by atoms with E-state index in [2.05, 4.69) is 30.1 Å². The van der Waals surface area contributed by atoms with E-state index >= 15 is 0 Å². The van der Waals surface area contributed by atoms with Gasteiger partial charge in [0.05, 0.1) is 0 Å². The minimum Gasteiger partial charge on any atom is -0.370 e. The van der Waals surface area contributed by atoms with Crippen LogP contribution in [-0.4, -0.2) is 10.9 Å². The highest BCUT2D eigenvalue weighted by molar-refractivity contribution is 5.83. The van der Waals surface area contributed by atoms with Crippen LogP contribution in [0, 0.1) is 6.92 Å². The lowest BCUT2D eigenvalue weighted by Crippen LogP contribution is -2.10. The first-order chi connectivity index (χ1) is 7.66. The molecule has 0 aliphatic carbocycles. The van der Waals surface area contributed by atoms with E-state index in [0.29, 0.717) is 6.42 Å². The fourth-order valence-electron chi connectivity index (χ4n) is 1.96. The average Bonchev–Trinajstić information content (AvgIpc) is 2.60. The molecule has 1 aromatic carbocycles. The molecular formula is C13H16N2O. The summed E-state index contributed by atoms with van der Waals surface area (Å²) in [4.78, 5) is 13.9. The van der Waals surface area contributed by atoms with Gasteiger partial charge >= 0.3 is 0 Å². The summed E-state index contributed by atoms with van der Waals surface area (Å²) in [6.07, 6.45) is 4.19. The van der Waals surface area contributed by atoms with E-state index < -0.39 is 0 Å². The molecule has 2 rings (SSSR count). The van der Waals surface area contributed by atoms with E-state index in [0.717, 1.165) is 18.4 Å². The Morgan fingerprint density at radius 1 is 1.44 bits per heavy atom. The van der Waals surface area contributed by atoms with Crippen molar-refractivity contribution in [1.29, 1.82) is 0 Å². The Morgan fingerprint density at radius 3 is 3.00 bits per heavy atom. The van der Waals surface area contributed by atoms with E-state index in [1.54, 1.807) is 0 Å². The van der Waals surface area contributed by atoms with E-state index in [1.807, 2.05) is 6.20 Å². The number of carbonyl (C=O) groups is 1. The van der Waals surface area contributed by atoms with Crippen molar-refractivity contribution in [2.24, 2.45) is 5.73 Å². The maximum atomic E-state index is 10.7. The van der Waals surface area contributed by atoms with Gasteiger partial charge in [0.25, 0.3) is 0 Å². The highest BCUT2D eigenvalue weighted by Crippen LogP contribution is 2.20. The predicted octanol–water partition coefficient (Wildman–Crippen LogP) is 2.28. The first kappa shape index (κ1) is 10.7. The standard InChI is InChI=1S/C13H16N2O/c1-9-5-6-11-10(3-2-4-13(14)16)8-15-12(11)7-9/h5-8,15H,2-4H2,1H3,(H2,14,16). The quantitative estimate of drug-likeness (QED) is 0.809. The monoisotopic (exact) mass is 216 g/mol. The molecule has 0 aliphatic heterocycles. The normalized spacial score (nSPS) is 10.8. The third-order valence-electron chi connectivity index (χ3n) is 2.79. The molecule has 1 amide bonds. The first-order valence-corrected chi connectivity index (χ1v) is 5.52. The van der Waals surface area contributed by atoms with Gasteiger partial charge in [0.1, 0.15) is 0 Å². The van der Waals surface area contributed by atoms with Gasteiger partial charge in [-0.1, -0.05) is 12.1 Å². The van der Waals surface area contributed by atoms with Crippen molar-refractivity contribution in [3.8, 4) is 0 Å². The number of aromatic nitrogens is 1. The zero-order chi connectivity index (χ0) is 11.5. The molecule has 1 heterocycles. The number of fused-ring (bicyclic) bond motifs is 1. The number of primary amides is 1. The Bertz CT molecular complexity index is 514. The molecule has 0 bridgehead atoms. The number of hydrogen-bond acceptors (Lipinski definition) is 1. The number of carbonyl (C=O) groups excluding carboxylic acids is 1. The molecule has 0 saturated heterocycles. The molecule has 3 nitrogen and oxygen atoms in total. The minimum atomic E-state index is -0.226. The van der Waals surface area contributed by atoms with Gasteiger partial charge in [0, 0.05) is 23.5 Å². The van der Waals surface area contributed by atoms with Gasteiger partial charge in [-0.2, -0.15) is 0 Å². The molecule has 2 aromatic rings. The molecule has 0 unspecified atom stereocenters. The number of benzene rings is 1. The molecular weight excluding hydrogens is 200 g/mol. The molecule has 84 valence electrons. The van der Waals surface area contributed by atoms with Crippen molar-refractivity contribution in [1.82, 2.24) is 4.98 Å². The molecule has 0 saturated carbocycles. The second-order valence-electron chi connectivity index (χ2n) is 4.18. The maximum absolute atomic E-state index is 10.7. The number of nitrogens with one attached hydrogen (secondary N) is 1. The van der Waals surface area contributed by atoms with Crippen molar-refractivity contribution in [2.75, 3.05) is 0 Å². The zero-order valence-corrected chi connectivity index (χ0v) is 9.42. The summed E-state index contributed by atoms with van der Waals surface area (Å²) in [6.45, 7) is 2.08. The van der Waals surface area contributed by atoms with Crippen LogP contribution in [-0.2, 0) is 11.2 Å². The largest absolute Gasteiger partial charge is 0.370 e. The molecule has 0 radical (unpaired) electrons. The second-order valence-corrected chi connectivity index (χ2v) is 4.18. The van der Waals surface area contributed by atoms with E-state index in [4.69, 9.17) is 5.73 Å². The molecule has 0 spiro atoms. The van der Waals surface area contributed by atoms with Crippen LogP contribution in [0.15, 0.2) is 24.4 Å². The Kier molecular flexibility index (Phi) is 2.95. The first-order valence-electron chi connectivity index (χ1n) is 5.52. The smallest absolute Gasteiger partial charge is 0.217 e. The van der Waals surface area contributed by atoms with E-state index in [-0.39, 0.29) is 5.91 Å². The van der Waals surface area contributed by atoms with Crippen LogP contribution in [0.2, 0.25) is 0 Å². The number of H-pyrrole nitrogens is 1. The minimum absolute atomic E-state index is 0.226. The van der Waals surface area contributed by atoms with E-state index in [9.17, 15) is 4.79 Å². The maximum Gasteiger partial charge on any atom is 0.217 e. The van der Waals surface area contributed by atoms with Crippen LogP contribution in [0.1, 0.15) is 24.0 Å². The van der Waals surface area contributed by atoms with Gasteiger partial charge in [-0.25, -0.2) is 0 Å². The van der Waals surface area contributed by atoms with Crippen molar-refractivity contribution in [2.45, 2.75) is 26.2 Å². The summed E-state index contributed by atoms with van der Waals surface area (Å²) < 4.78 is 0. The number of rotatable bonds is 4. The van der Waals surface area contributed by atoms with Crippen LogP contribution in [0.4, 0.5) is 0 Å². The summed E-state index contributed by atoms with van der Waals surface area (Å²) >= 11 is 0. The van der Waals surface area contributed by atoms with Crippen LogP contribution in [0.25, 0.3) is 10.9 Å². The van der Waals surface area contributed by atoms with Gasteiger partial charge < -0.3 is 10.7 Å². The fraction of sp³-hybridized carbons (Fsp3) is 0.308. The second kappa shape index (κ2) is 4.39. The number of nitrogens with two attached hydrogens (primary N) is 1. The van der Waals surface area contributed by atoms with Crippen LogP contribution < -0.4 is 5.73 Å². The summed E-state index contributed by atoms with van der Waals surface area (Å²) in [5.74, 6) is -0.226. The van der Waals surface area contributed by atoms with Crippen molar-refractivity contribution in [3.63, 3.8) is 0 Å². The van der Waals surface area contributed by atoms with E-state index in [1.165, 1.54) is 16.5 Å². The number of amides is 1. The number of hydrogen-bond donors (Lipinski definition) is 2. The third-order valence-corrected chi connectivity index (χ3v) is 2.79. The molecule has 16 heavy (non-hydrogen) atoms. The fourth-order valence-corrected chi connectivity index (χ4v) is 1.96. The molecule has 3 N–H and O–H groups in total. The predicted molar refractivity (Wildman–Crippen MR) is 65.2 cm³/mol. The lowest BCUT2D eigenvalue weighted by atomic mass is 10.1. The summed E-state index contributed by atoms with van der Waals surface area (Å²) in [5, 5.41) is 1.25. The van der Waals surface area contributed by atoms with Crippen molar-refractivity contribution >= 4 is 16.8 Å². The lowest BCUT2D eigenvalue weighted by molar-refractivity contribution is -0.118.